The van der Waals surface area contributed by atoms with Gasteiger partial charge < -0.3 is 15.7 Å². The molecule has 0 aromatic carbocycles. The predicted octanol–water partition coefficient (Wildman–Crippen LogP) is 2.01. The third-order valence-electron chi connectivity index (χ3n) is 4.90. The Hall–Kier alpha value is -2.66. The van der Waals surface area contributed by atoms with Gasteiger partial charge in [0.05, 0.1) is 18.8 Å². The molecule has 26 heavy (non-hydrogen) atoms. The van der Waals surface area contributed by atoms with Gasteiger partial charge in [-0.1, -0.05) is 13.8 Å². The van der Waals surface area contributed by atoms with E-state index in [-0.39, 0.29) is 17.6 Å². The number of nitrogens with zero attached hydrogens (tertiary/aromatic N) is 5. The minimum Gasteiger partial charge on any atom is -0.393 e. The number of aliphatic hydroxyl groups is 1. The Morgan fingerprint density at radius 2 is 2.27 bits per heavy atom. The van der Waals surface area contributed by atoms with E-state index in [9.17, 15) is 10.4 Å². The molecule has 1 aliphatic carbocycles. The molecule has 8 heteroatoms. The van der Waals surface area contributed by atoms with E-state index >= 15 is 0 Å². The lowest BCUT2D eigenvalue weighted by molar-refractivity contribution is 0.00926. The first-order valence-electron chi connectivity index (χ1n) is 8.91. The van der Waals surface area contributed by atoms with Crippen LogP contribution in [0.1, 0.15) is 38.7 Å². The lowest BCUT2D eigenvalue weighted by Gasteiger charge is -2.40. The van der Waals surface area contributed by atoms with E-state index in [2.05, 4.69) is 45.6 Å². The number of hydrogen-bond donors (Lipinski definition) is 3. The maximum Gasteiger partial charge on any atom is 0.224 e. The minimum atomic E-state index is -0.291. The smallest absolute Gasteiger partial charge is 0.224 e. The van der Waals surface area contributed by atoms with Gasteiger partial charge in [-0.2, -0.15) is 15.3 Å². The first-order chi connectivity index (χ1) is 12.5. The highest BCUT2D eigenvalue weighted by Crippen LogP contribution is 2.36. The zero-order valence-electron chi connectivity index (χ0n) is 15.2. The number of anilines is 2. The van der Waals surface area contributed by atoms with E-state index in [4.69, 9.17) is 0 Å². The molecule has 1 aliphatic rings. The Kier molecular flexibility index (Phi) is 5.38. The van der Waals surface area contributed by atoms with Crippen LogP contribution < -0.4 is 10.6 Å². The molecule has 8 nitrogen and oxygen atoms in total. The van der Waals surface area contributed by atoms with Crippen LogP contribution in [0, 0.1) is 16.7 Å². The standard InChI is InChI=1S/C18H25N7O/c1-18(2)10-14(4-5-15(18)26)23-16-13(11-19)12-21-17(24-16)20-7-9-25-8-3-6-22-25/h3,6,8,12,14-15,26H,4-5,7,9-10H2,1-2H3,(H2,20,21,23,24)/t14-,15+/m1/s1. The summed E-state index contributed by atoms with van der Waals surface area (Å²) in [6.07, 6.45) is 7.30. The molecule has 0 amide bonds. The Morgan fingerprint density at radius 3 is 2.96 bits per heavy atom. The normalized spacial score (nSPS) is 21.8. The summed E-state index contributed by atoms with van der Waals surface area (Å²) in [5.74, 6) is 1.02. The molecular weight excluding hydrogens is 330 g/mol. The average molecular weight is 355 g/mol. The summed E-state index contributed by atoms with van der Waals surface area (Å²) < 4.78 is 1.82. The number of hydrogen-bond acceptors (Lipinski definition) is 7. The maximum absolute atomic E-state index is 10.1. The fourth-order valence-corrected chi connectivity index (χ4v) is 3.31. The van der Waals surface area contributed by atoms with Crippen molar-refractivity contribution < 1.29 is 5.11 Å². The van der Waals surface area contributed by atoms with Crippen molar-refractivity contribution in [2.75, 3.05) is 17.2 Å². The van der Waals surface area contributed by atoms with Crippen LogP contribution >= 0.6 is 0 Å². The van der Waals surface area contributed by atoms with Crippen LogP contribution in [0.5, 0.6) is 0 Å². The summed E-state index contributed by atoms with van der Waals surface area (Å²) >= 11 is 0. The van der Waals surface area contributed by atoms with Crippen molar-refractivity contribution >= 4 is 11.8 Å². The zero-order valence-corrected chi connectivity index (χ0v) is 15.2. The van der Waals surface area contributed by atoms with Gasteiger partial charge in [-0.15, -0.1) is 0 Å². The first-order valence-corrected chi connectivity index (χ1v) is 8.91. The largest absolute Gasteiger partial charge is 0.393 e. The summed E-state index contributed by atoms with van der Waals surface area (Å²) in [5, 5.41) is 30.2. The fourth-order valence-electron chi connectivity index (χ4n) is 3.31. The Balaban J connectivity index is 1.65. The molecule has 2 heterocycles. The van der Waals surface area contributed by atoms with Crippen LogP contribution in [0.25, 0.3) is 0 Å². The molecule has 2 aromatic rings. The Labute approximate surface area is 153 Å². The quantitative estimate of drug-likeness (QED) is 0.726. The van der Waals surface area contributed by atoms with Gasteiger partial charge in [0, 0.05) is 25.0 Å². The third-order valence-corrected chi connectivity index (χ3v) is 4.90. The van der Waals surface area contributed by atoms with Gasteiger partial charge in [0.15, 0.2) is 0 Å². The fraction of sp³-hybridized carbons (Fsp3) is 0.556. The van der Waals surface area contributed by atoms with Crippen LogP contribution in [-0.4, -0.2) is 43.5 Å². The van der Waals surface area contributed by atoms with E-state index in [1.165, 1.54) is 6.20 Å². The van der Waals surface area contributed by atoms with Crippen molar-refractivity contribution in [2.45, 2.75) is 51.8 Å². The minimum absolute atomic E-state index is 0.152. The molecule has 0 aliphatic heterocycles. The molecule has 0 unspecified atom stereocenters. The highest BCUT2D eigenvalue weighted by molar-refractivity contribution is 5.54. The van der Waals surface area contributed by atoms with E-state index in [0.29, 0.717) is 30.4 Å². The maximum atomic E-state index is 10.1. The second-order valence-corrected chi connectivity index (χ2v) is 7.39. The van der Waals surface area contributed by atoms with Crippen LogP contribution in [0.2, 0.25) is 0 Å². The van der Waals surface area contributed by atoms with Gasteiger partial charge in [0.25, 0.3) is 0 Å². The lowest BCUT2D eigenvalue weighted by atomic mass is 9.73. The van der Waals surface area contributed by atoms with Crippen molar-refractivity contribution in [3.63, 3.8) is 0 Å². The highest BCUT2D eigenvalue weighted by Gasteiger charge is 2.35. The second kappa shape index (κ2) is 7.70. The summed E-state index contributed by atoms with van der Waals surface area (Å²) in [6.45, 7) is 5.47. The number of aliphatic hydroxyl groups excluding tert-OH is 1. The predicted molar refractivity (Wildman–Crippen MR) is 98.5 cm³/mol. The van der Waals surface area contributed by atoms with Crippen molar-refractivity contribution in [2.24, 2.45) is 5.41 Å². The zero-order chi connectivity index (χ0) is 18.6. The van der Waals surface area contributed by atoms with Crippen molar-refractivity contribution in [1.82, 2.24) is 19.7 Å². The lowest BCUT2D eigenvalue weighted by Crippen LogP contribution is -2.41. The van der Waals surface area contributed by atoms with Gasteiger partial charge >= 0.3 is 0 Å². The van der Waals surface area contributed by atoms with Crippen molar-refractivity contribution in [3.05, 3.63) is 30.2 Å². The van der Waals surface area contributed by atoms with Crippen molar-refractivity contribution in [3.8, 4) is 6.07 Å². The monoisotopic (exact) mass is 355 g/mol. The third kappa shape index (κ3) is 4.29. The van der Waals surface area contributed by atoms with E-state index in [1.54, 1.807) is 6.20 Å². The SMILES string of the molecule is CC1(C)C[C@H](Nc2nc(NCCn3cccn3)ncc2C#N)CC[C@@H]1O. The summed E-state index contributed by atoms with van der Waals surface area (Å²) in [6, 6.07) is 4.19. The van der Waals surface area contributed by atoms with E-state index in [1.807, 2.05) is 16.9 Å². The Morgan fingerprint density at radius 1 is 1.42 bits per heavy atom. The Bertz CT molecular complexity index is 766. The second-order valence-electron chi connectivity index (χ2n) is 7.39. The average Bonchev–Trinajstić information content (AvgIpc) is 3.12. The van der Waals surface area contributed by atoms with Crippen LogP contribution in [0.3, 0.4) is 0 Å². The topological polar surface area (TPSA) is 112 Å². The number of rotatable bonds is 6. The van der Waals surface area contributed by atoms with Crippen LogP contribution in [0.4, 0.5) is 11.8 Å². The molecule has 1 saturated carbocycles. The summed E-state index contributed by atoms with van der Waals surface area (Å²) in [7, 11) is 0. The molecule has 0 bridgehead atoms. The van der Waals surface area contributed by atoms with Crippen molar-refractivity contribution in [1.29, 1.82) is 5.26 Å². The first kappa shape index (κ1) is 18.1. The van der Waals surface area contributed by atoms with Gasteiger partial charge in [0.1, 0.15) is 17.5 Å². The molecule has 2 aromatic heterocycles. The molecule has 0 radical (unpaired) electrons. The van der Waals surface area contributed by atoms with Gasteiger partial charge in [-0.25, -0.2) is 4.98 Å². The molecule has 3 N–H and O–H groups in total. The van der Waals surface area contributed by atoms with Gasteiger partial charge in [-0.3, -0.25) is 4.68 Å². The van der Waals surface area contributed by atoms with E-state index < -0.39 is 0 Å². The number of nitriles is 1. The molecule has 1 fully saturated rings. The van der Waals surface area contributed by atoms with Gasteiger partial charge in [-0.05, 0) is 30.7 Å². The molecule has 3 rings (SSSR count). The summed E-state index contributed by atoms with van der Waals surface area (Å²) in [4.78, 5) is 8.68. The molecule has 138 valence electrons. The molecule has 0 saturated heterocycles. The van der Waals surface area contributed by atoms with Crippen LogP contribution in [0.15, 0.2) is 24.7 Å². The van der Waals surface area contributed by atoms with E-state index in [0.717, 1.165) is 19.3 Å². The number of nitrogens with one attached hydrogen (secondary N) is 2. The number of aromatic nitrogens is 4. The van der Waals surface area contributed by atoms with Gasteiger partial charge in [0.2, 0.25) is 5.95 Å². The highest BCUT2D eigenvalue weighted by atomic mass is 16.3. The summed E-state index contributed by atoms with van der Waals surface area (Å²) in [5.41, 5.74) is 0.271. The molecule has 0 spiro atoms. The van der Waals surface area contributed by atoms with Crippen LogP contribution in [-0.2, 0) is 6.54 Å². The molecular formula is C18H25N7O. The molecule has 2 atom stereocenters.